The summed E-state index contributed by atoms with van der Waals surface area (Å²) in [6.07, 6.45) is 4.53. The summed E-state index contributed by atoms with van der Waals surface area (Å²) in [5, 5.41) is 11.5. The number of hydrogen-bond donors (Lipinski definition) is 1. The Morgan fingerprint density at radius 2 is 2.26 bits per heavy atom. The molecule has 1 aromatic carbocycles. The molecule has 2 atom stereocenters. The molecule has 0 spiro atoms. The van der Waals surface area contributed by atoms with Crippen molar-refractivity contribution in [3.63, 3.8) is 0 Å². The van der Waals surface area contributed by atoms with Crippen molar-refractivity contribution >= 4 is 6.03 Å². The molecule has 2 fully saturated rings. The number of nitrogens with zero attached hydrogens (tertiary/aromatic N) is 3. The van der Waals surface area contributed by atoms with Gasteiger partial charge in [0.1, 0.15) is 17.2 Å². The van der Waals surface area contributed by atoms with Crippen molar-refractivity contribution in [2.75, 3.05) is 13.7 Å². The molecule has 5 rings (SSSR count). The van der Waals surface area contributed by atoms with Gasteiger partial charge in [-0.1, -0.05) is 0 Å². The maximum Gasteiger partial charge on any atom is 0.321 e. The minimum absolute atomic E-state index is 0.108. The molecule has 7 nitrogen and oxygen atoms in total. The van der Waals surface area contributed by atoms with Gasteiger partial charge in [0.25, 0.3) is 0 Å². The topological polar surface area (TPSA) is 76.6 Å². The summed E-state index contributed by atoms with van der Waals surface area (Å²) in [6, 6.07) is 7.43. The quantitative estimate of drug-likeness (QED) is 0.900. The Hall–Kier alpha value is -2.83. The first-order valence-electron chi connectivity index (χ1n) is 9.34. The molecule has 2 amide bonds. The molecular weight excluding hydrogens is 344 g/mol. The molecule has 2 aromatic rings. The molecule has 2 aliphatic heterocycles. The van der Waals surface area contributed by atoms with Crippen LogP contribution < -0.4 is 14.8 Å². The van der Waals surface area contributed by atoms with Crippen LogP contribution in [-0.4, -0.2) is 34.8 Å². The average Bonchev–Trinajstić information content (AvgIpc) is 3.50. The van der Waals surface area contributed by atoms with Gasteiger partial charge >= 0.3 is 6.03 Å². The highest BCUT2D eigenvalue weighted by Crippen LogP contribution is 2.51. The zero-order valence-corrected chi connectivity index (χ0v) is 15.4. The Kier molecular flexibility index (Phi) is 3.54. The second kappa shape index (κ2) is 5.84. The standard InChI is InChI=1S/C20H22N4O3/c1-12-8-14-15-10-20(18-4-3-7-21-23-18,27-17(14)9-16(12)26-2)24(19(25)22-15)11-13-5-6-13/h3-4,7-9,13,15H,5-6,10-11H2,1-2H3,(H,22,25). The number of rotatable bonds is 4. The van der Waals surface area contributed by atoms with E-state index in [1.54, 1.807) is 18.2 Å². The minimum Gasteiger partial charge on any atom is -0.496 e. The fourth-order valence-corrected chi connectivity index (χ4v) is 4.16. The number of hydrogen-bond acceptors (Lipinski definition) is 5. The number of ether oxygens (including phenoxy) is 2. The molecule has 2 unspecified atom stereocenters. The lowest BCUT2D eigenvalue weighted by atomic mass is 9.86. The number of amides is 2. The van der Waals surface area contributed by atoms with Gasteiger partial charge in [-0.3, -0.25) is 4.90 Å². The van der Waals surface area contributed by atoms with Crippen molar-refractivity contribution < 1.29 is 14.3 Å². The highest BCUT2D eigenvalue weighted by molar-refractivity contribution is 5.78. The first-order valence-corrected chi connectivity index (χ1v) is 9.34. The van der Waals surface area contributed by atoms with Gasteiger partial charge in [0.15, 0.2) is 0 Å². The van der Waals surface area contributed by atoms with Crippen LogP contribution in [0.1, 0.15) is 42.1 Å². The third kappa shape index (κ3) is 2.52. The summed E-state index contributed by atoms with van der Waals surface area (Å²) in [5.74, 6) is 2.02. The molecule has 1 aliphatic carbocycles. The van der Waals surface area contributed by atoms with Crippen LogP contribution in [0.5, 0.6) is 11.5 Å². The third-order valence-corrected chi connectivity index (χ3v) is 5.75. The number of aryl methyl sites for hydroxylation is 1. The zero-order chi connectivity index (χ0) is 18.6. The SMILES string of the molecule is COc1cc2c(cc1C)C1CC(c3cccnn3)(O2)N(CC2CC2)C(=O)N1. The van der Waals surface area contributed by atoms with Gasteiger partial charge < -0.3 is 14.8 Å². The van der Waals surface area contributed by atoms with Crippen molar-refractivity contribution in [2.24, 2.45) is 5.92 Å². The lowest BCUT2D eigenvalue weighted by Crippen LogP contribution is -2.64. The van der Waals surface area contributed by atoms with E-state index >= 15 is 0 Å². The van der Waals surface area contributed by atoms with E-state index in [1.807, 2.05) is 31.2 Å². The van der Waals surface area contributed by atoms with Gasteiger partial charge in [-0.05, 0) is 49.4 Å². The van der Waals surface area contributed by atoms with Crippen LogP contribution in [-0.2, 0) is 5.72 Å². The summed E-state index contributed by atoms with van der Waals surface area (Å²) >= 11 is 0. The van der Waals surface area contributed by atoms with Crippen LogP contribution in [0.3, 0.4) is 0 Å². The van der Waals surface area contributed by atoms with Crippen LogP contribution in [0, 0.1) is 12.8 Å². The molecule has 140 valence electrons. The molecule has 2 bridgehead atoms. The number of methoxy groups -OCH3 is 1. The van der Waals surface area contributed by atoms with E-state index in [1.165, 1.54) is 0 Å². The Morgan fingerprint density at radius 1 is 1.41 bits per heavy atom. The Balaban J connectivity index is 1.66. The average molecular weight is 366 g/mol. The lowest BCUT2D eigenvalue weighted by molar-refractivity contribution is -0.110. The fraction of sp³-hybridized carbons (Fsp3) is 0.450. The summed E-state index contributed by atoms with van der Waals surface area (Å²) in [4.78, 5) is 14.8. The predicted octanol–water partition coefficient (Wildman–Crippen LogP) is 2.91. The van der Waals surface area contributed by atoms with Gasteiger partial charge in [0, 0.05) is 30.8 Å². The molecule has 3 aliphatic rings. The van der Waals surface area contributed by atoms with Crippen molar-refractivity contribution in [3.8, 4) is 11.5 Å². The Bertz CT molecular complexity index is 900. The summed E-state index contributed by atoms with van der Waals surface area (Å²) in [7, 11) is 1.65. The van der Waals surface area contributed by atoms with Crippen LogP contribution in [0.25, 0.3) is 0 Å². The number of carbonyl (C=O) groups excluding carboxylic acids is 1. The summed E-state index contributed by atoms with van der Waals surface area (Å²) in [5.41, 5.74) is 1.71. The van der Waals surface area contributed by atoms with E-state index in [-0.39, 0.29) is 12.1 Å². The number of nitrogens with one attached hydrogen (secondary N) is 1. The lowest BCUT2D eigenvalue weighted by Gasteiger charge is -2.51. The Morgan fingerprint density at radius 3 is 2.96 bits per heavy atom. The zero-order valence-electron chi connectivity index (χ0n) is 15.4. The van der Waals surface area contributed by atoms with E-state index < -0.39 is 5.72 Å². The second-order valence-electron chi connectivity index (χ2n) is 7.62. The first kappa shape index (κ1) is 16.4. The van der Waals surface area contributed by atoms with Crippen molar-refractivity contribution in [1.29, 1.82) is 0 Å². The van der Waals surface area contributed by atoms with Crippen LogP contribution in [0.4, 0.5) is 4.79 Å². The highest BCUT2D eigenvalue weighted by Gasteiger charge is 2.55. The fourth-order valence-electron chi connectivity index (χ4n) is 4.16. The maximum atomic E-state index is 13.0. The molecule has 1 saturated carbocycles. The smallest absolute Gasteiger partial charge is 0.321 e. The monoisotopic (exact) mass is 366 g/mol. The molecule has 0 radical (unpaired) electrons. The van der Waals surface area contributed by atoms with E-state index in [0.717, 1.165) is 35.5 Å². The van der Waals surface area contributed by atoms with E-state index in [9.17, 15) is 4.79 Å². The maximum absolute atomic E-state index is 13.0. The molecule has 1 saturated heterocycles. The predicted molar refractivity (Wildman–Crippen MR) is 97.4 cm³/mol. The normalized spacial score (nSPS) is 26.1. The van der Waals surface area contributed by atoms with Gasteiger partial charge in [0.05, 0.1) is 13.2 Å². The summed E-state index contributed by atoms with van der Waals surface area (Å²) in [6.45, 7) is 2.65. The van der Waals surface area contributed by atoms with E-state index in [4.69, 9.17) is 9.47 Å². The van der Waals surface area contributed by atoms with Crippen LogP contribution >= 0.6 is 0 Å². The van der Waals surface area contributed by atoms with E-state index in [2.05, 4.69) is 15.5 Å². The Labute approximate surface area is 157 Å². The van der Waals surface area contributed by atoms with Gasteiger partial charge in [-0.25, -0.2) is 4.79 Å². The largest absolute Gasteiger partial charge is 0.496 e. The number of urea groups is 1. The van der Waals surface area contributed by atoms with Crippen molar-refractivity contribution in [1.82, 2.24) is 20.4 Å². The molecule has 1 aromatic heterocycles. The second-order valence-corrected chi connectivity index (χ2v) is 7.62. The van der Waals surface area contributed by atoms with Crippen molar-refractivity contribution in [2.45, 2.75) is 38.0 Å². The van der Waals surface area contributed by atoms with Crippen LogP contribution in [0.15, 0.2) is 30.5 Å². The number of aromatic nitrogens is 2. The number of benzene rings is 1. The first-order chi connectivity index (χ1) is 13.1. The molecule has 1 N–H and O–H groups in total. The van der Waals surface area contributed by atoms with Crippen LogP contribution in [0.2, 0.25) is 0 Å². The molecule has 7 heteroatoms. The number of fused-ring (bicyclic) bond motifs is 4. The third-order valence-electron chi connectivity index (χ3n) is 5.75. The summed E-state index contributed by atoms with van der Waals surface area (Å²) < 4.78 is 12.1. The molecule has 3 heterocycles. The van der Waals surface area contributed by atoms with E-state index in [0.29, 0.717) is 24.6 Å². The van der Waals surface area contributed by atoms with Gasteiger partial charge in [-0.15, -0.1) is 5.10 Å². The van der Waals surface area contributed by atoms with Gasteiger partial charge in [-0.2, -0.15) is 5.10 Å². The molecule has 27 heavy (non-hydrogen) atoms. The molecular formula is C20H22N4O3. The highest BCUT2D eigenvalue weighted by atomic mass is 16.5. The van der Waals surface area contributed by atoms with Crippen molar-refractivity contribution in [3.05, 3.63) is 47.3 Å². The minimum atomic E-state index is -0.947. The van der Waals surface area contributed by atoms with Gasteiger partial charge in [0.2, 0.25) is 5.72 Å². The number of carbonyl (C=O) groups is 1.